The standard InChI is InChI=1S/C50H97NO8/c1-3-5-7-9-11-13-14-15-16-17-18-19-20-21-22-23-24-25-26-27-28-29-30-32-34-36-38-40-46(54)51-43(44(53)39-37-35-33-31-12-10-8-6-4-2)42-58-50-49(57)48(56)47(55)45(41-52)59-50/h37,39,43-45,47-50,52-53,55-57H,3-36,38,40-42H2,1-2H3,(H,51,54)/b39-37+. The maximum Gasteiger partial charge on any atom is 0.220 e. The Morgan fingerprint density at radius 1 is 0.559 bits per heavy atom. The smallest absolute Gasteiger partial charge is 0.220 e. The number of hydrogen-bond acceptors (Lipinski definition) is 8. The first kappa shape index (κ1) is 55.9. The number of allylic oxidation sites excluding steroid dienone is 1. The Kier molecular flexibility index (Phi) is 38.9. The molecule has 1 amide bonds. The van der Waals surface area contributed by atoms with E-state index in [0.29, 0.717) is 6.42 Å². The van der Waals surface area contributed by atoms with Crippen LogP contribution in [0.3, 0.4) is 0 Å². The molecule has 1 aliphatic heterocycles. The summed E-state index contributed by atoms with van der Waals surface area (Å²) in [6.45, 7) is 3.76. The van der Waals surface area contributed by atoms with Gasteiger partial charge in [0.1, 0.15) is 24.4 Å². The second-order valence-corrected chi connectivity index (χ2v) is 18.0. The van der Waals surface area contributed by atoms with Gasteiger partial charge in [-0.05, 0) is 19.3 Å². The Hall–Kier alpha value is -1.07. The Morgan fingerprint density at radius 2 is 0.932 bits per heavy atom. The van der Waals surface area contributed by atoms with E-state index < -0.39 is 49.5 Å². The highest BCUT2D eigenvalue weighted by Gasteiger charge is 2.44. The Bertz CT molecular complexity index is 935. The topological polar surface area (TPSA) is 149 Å². The Morgan fingerprint density at radius 3 is 1.32 bits per heavy atom. The van der Waals surface area contributed by atoms with Gasteiger partial charge < -0.3 is 40.3 Å². The molecule has 0 aromatic carbocycles. The van der Waals surface area contributed by atoms with Gasteiger partial charge in [-0.1, -0.05) is 231 Å². The van der Waals surface area contributed by atoms with Crippen LogP contribution in [0.1, 0.15) is 245 Å². The van der Waals surface area contributed by atoms with Crippen LogP contribution in [0.2, 0.25) is 0 Å². The Balaban J connectivity index is 2.13. The molecule has 1 aliphatic rings. The molecule has 1 saturated heterocycles. The number of carbonyl (C=O) groups excluding carboxylic acids is 1. The summed E-state index contributed by atoms with van der Waals surface area (Å²) in [5.74, 6) is -0.175. The molecule has 0 saturated carbocycles. The number of unbranched alkanes of at least 4 members (excludes halogenated alkanes) is 33. The van der Waals surface area contributed by atoms with Gasteiger partial charge in [0.05, 0.1) is 25.4 Å². The van der Waals surface area contributed by atoms with Crippen LogP contribution < -0.4 is 5.32 Å². The molecule has 1 heterocycles. The number of amides is 1. The van der Waals surface area contributed by atoms with E-state index in [9.17, 15) is 30.3 Å². The molecular formula is C50H97NO8. The van der Waals surface area contributed by atoms with Crippen molar-refractivity contribution < 1.29 is 39.8 Å². The lowest BCUT2D eigenvalue weighted by molar-refractivity contribution is -0.302. The Labute approximate surface area is 363 Å². The summed E-state index contributed by atoms with van der Waals surface area (Å²) in [5, 5.41) is 54.1. The molecule has 0 aromatic rings. The summed E-state index contributed by atoms with van der Waals surface area (Å²) in [5.41, 5.74) is 0. The first-order valence-corrected chi connectivity index (χ1v) is 25.4. The normalized spacial score (nSPS) is 20.7. The van der Waals surface area contributed by atoms with Crippen LogP contribution in [0.4, 0.5) is 0 Å². The molecule has 7 atom stereocenters. The lowest BCUT2D eigenvalue weighted by Gasteiger charge is -2.40. The molecule has 0 bridgehead atoms. The fourth-order valence-electron chi connectivity index (χ4n) is 8.28. The fourth-order valence-corrected chi connectivity index (χ4v) is 8.28. The number of nitrogens with one attached hydrogen (secondary N) is 1. The summed E-state index contributed by atoms with van der Waals surface area (Å²) in [6.07, 6.45) is 41.5. The number of ether oxygens (including phenoxy) is 2. The highest BCUT2D eigenvalue weighted by molar-refractivity contribution is 5.76. The van der Waals surface area contributed by atoms with E-state index in [0.717, 1.165) is 38.5 Å². The van der Waals surface area contributed by atoms with Crippen molar-refractivity contribution in [3.63, 3.8) is 0 Å². The third kappa shape index (κ3) is 31.4. The summed E-state index contributed by atoms with van der Waals surface area (Å²) in [6, 6.07) is -0.797. The molecule has 59 heavy (non-hydrogen) atoms. The first-order chi connectivity index (χ1) is 28.8. The number of aliphatic hydroxyl groups excluding tert-OH is 5. The summed E-state index contributed by atoms with van der Waals surface area (Å²) >= 11 is 0. The van der Waals surface area contributed by atoms with Crippen LogP contribution in [0, 0.1) is 0 Å². The van der Waals surface area contributed by atoms with Gasteiger partial charge in [-0.15, -0.1) is 0 Å². The largest absolute Gasteiger partial charge is 0.394 e. The molecule has 7 unspecified atom stereocenters. The lowest BCUT2D eigenvalue weighted by Crippen LogP contribution is -2.60. The number of hydrogen-bond donors (Lipinski definition) is 6. The number of carbonyl (C=O) groups is 1. The lowest BCUT2D eigenvalue weighted by atomic mass is 9.99. The predicted octanol–water partition coefficient (Wildman–Crippen LogP) is 11.3. The van der Waals surface area contributed by atoms with E-state index in [1.807, 2.05) is 6.08 Å². The van der Waals surface area contributed by atoms with E-state index >= 15 is 0 Å². The van der Waals surface area contributed by atoms with Crippen molar-refractivity contribution >= 4 is 5.91 Å². The third-order valence-corrected chi connectivity index (χ3v) is 12.4. The van der Waals surface area contributed by atoms with E-state index in [-0.39, 0.29) is 12.5 Å². The van der Waals surface area contributed by atoms with Gasteiger partial charge in [-0.3, -0.25) is 4.79 Å². The average Bonchev–Trinajstić information content (AvgIpc) is 3.23. The highest BCUT2D eigenvalue weighted by atomic mass is 16.7. The van der Waals surface area contributed by atoms with Gasteiger partial charge in [0.2, 0.25) is 5.91 Å². The molecule has 0 spiro atoms. The van der Waals surface area contributed by atoms with Crippen molar-refractivity contribution in [1.82, 2.24) is 5.32 Å². The zero-order valence-electron chi connectivity index (χ0n) is 38.5. The summed E-state index contributed by atoms with van der Waals surface area (Å²) in [7, 11) is 0. The molecule has 1 rings (SSSR count). The quantitative estimate of drug-likeness (QED) is 0.0263. The molecule has 0 aromatic heterocycles. The summed E-state index contributed by atoms with van der Waals surface area (Å²) in [4.78, 5) is 12.9. The van der Waals surface area contributed by atoms with Crippen molar-refractivity contribution in [2.75, 3.05) is 13.2 Å². The second-order valence-electron chi connectivity index (χ2n) is 18.0. The monoisotopic (exact) mass is 840 g/mol. The third-order valence-electron chi connectivity index (χ3n) is 12.4. The summed E-state index contributed by atoms with van der Waals surface area (Å²) < 4.78 is 11.2. The molecule has 1 fully saturated rings. The molecule has 350 valence electrons. The van der Waals surface area contributed by atoms with Gasteiger partial charge in [-0.2, -0.15) is 0 Å². The second kappa shape index (κ2) is 41.0. The van der Waals surface area contributed by atoms with Gasteiger partial charge in [0.15, 0.2) is 6.29 Å². The van der Waals surface area contributed by atoms with Crippen molar-refractivity contribution in [3.05, 3.63) is 12.2 Å². The molecular weight excluding hydrogens is 743 g/mol. The molecule has 9 nitrogen and oxygen atoms in total. The minimum Gasteiger partial charge on any atom is -0.394 e. The van der Waals surface area contributed by atoms with E-state index in [2.05, 4.69) is 19.2 Å². The molecule has 9 heteroatoms. The van der Waals surface area contributed by atoms with Gasteiger partial charge in [-0.25, -0.2) is 0 Å². The molecule has 6 N–H and O–H groups in total. The van der Waals surface area contributed by atoms with E-state index in [1.54, 1.807) is 6.08 Å². The predicted molar refractivity (Wildman–Crippen MR) is 244 cm³/mol. The fraction of sp³-hybridized carbons (Fsp3) is 0.940. The minimum atomic E-state index is -1.56. The van der Waals surface area contributed by atoms with Crippen LogP contribution in [0.25, 0.3) is 0 Å². The number of aliphatic hydroxyl groups is 5. The van der Waals surface area contributed by atoms with Crippen LogP contribution in [-0.4, -0.2) is 87.5 Å². The maximum absolute atomic E-state index is 12.9. The van der Waals surface area contributed by atoms with Gasteiger partial charge in [0, 0.05) is 6.42 Å². The van der Waals surface area contributed by atoms with Crippen LogP contribution >= 0.6 is 0 Å². The van der Waals surface area contributed by atoms with Crippen molar-refractivity contribution in [1.29, 1.82) is 0 Å². The molecule has 0 radical (unpaired) electrons. The van der Waals surface area contributed by atoms with Crippen molar-refractivity contribution in [2.45, 2.75) is 288 Å². The number of rotatable bonds is 43. The zero-order chi connectivity index (χ0) is 43.0. The minimum absolute atomic E-state index is 0.175. The van der Waals surface area contributed by atoms with Crippen LogP contribution in [-0.2, 0) is 14.3 Å². The van der Waals surface area contributed by atoms with Crippen LogP contribution in [0.15, 0.2) is 12.2 Å². The van der Waals surface area contributed by atoms with E-state index in [4.69, 9.17) is 9.47 Å². The zero-order valence-corrected chi connectivity index (χ0v) is 38.5. The maximum atomic E-state index is 12.9. The van der Waals surface area contributed by atoms with Crippen molar-refractivity contribution in [2.24, 2.45) is 0 Å². The van der Waals surface area contributed by atoms with Gasteiger partial charge >= 0.3 is 0 Å². The molecule has 0 aliphatic carbocycles. The SMILES string of the molecule is CCCCCCCCC/C=C/C(O)C(COC1OC(CO)C(O)C(O)C1O)NC(=O)CCCCCCCCCCCCCCCCCCCCCCCCCCCCC. The average molecular weight is 840 g/mol. The highest BCUT2D eigenvalue weighted by Crippen LogP contribution is 2.23. The van der Waals surface area contributed by atoms with Crippen LogP contribution in [0.5, 0.6) is 0 Å². The van der Waals surface area contributed by atoms with Gasteiger partial charge in [0.25, 0.3) is 0 Å². The first-order valence-electron chi connectivity index (χ1n) is 25.4. The van der Waals surface area contributed by atoms with E-state index in [1.165, 1.54) is 186 Å². The van der Waals surface area contributed by atoms with Crippen molar-refractivity contribution in [3.8, 4) is 0 Å².